The Labute approximate surface area is 90.7 Å². The van der Waals surface area contributed by atoms with Crippen LogP contribution in [-0.2, 0) is 0 Å². The van der Waals surface area contributed by atoms with Crippen molar-refractivity contribution in [1.82, 2.24) is 4.98 Å². The van der Waals surface area contributed by atoms with E-state index in [2.05, 4.69) is 31.1 Å². The number of nitrogens with zero attached hydrogens (tertiary/aromatic N) is 1. The van der Waals surface area contributed by atoms with Crippen LogP contribution < -0.4 is 5.32 Å². The van der Waals surface area contributed by atoms with Crippen molar-refractivity contribution < 1.29 is 0 Å². The molecule has 0 saturated carbocycles. The third kappa shape index (κ3) is 3.18. The van der Waals surface area contributed by atoms with Crippen LogP contribution in [0.1, 0.15) is 25.8 Å². The van der Waals surface area contributed by atoms with Crippen molar-refractivity contribution in [3.63, 3.8) is 0 Å². The molecule has 0 fully saturated rings. The first-order valence-electron chi connectivity index (χ1n) is 4.96. The Kier molecular flexibility index (Phi) is 4.21. The number of alkyl halides is 1. The minimum Gasteiger partial charge on any atom is -0.366 e. The Morgan fingerprint density at radius 1 is 1.57 bits per heavy atom. The predicted molar refractivity (Wildman–Crippen MR) is 62.0 cm³/mol. The smallest absolute Gasteiger partial charge is 0.126 e. The second-order valence-electron chi connectivity index (χ2n) is 3.58. The molecule has 0 aliphatic rings. The molecule has 2 unspecified atom stereocenters. The fourth-order valence-electron chi connectivity index (χ4n) is 1.29. The van der Waals surface area contributed by atoms with E-state index in [0.29, 0.717) is 0 Å². The van der Waals surface area contributed by atoms with Crippen LogP contribution in [0.15, 0.2) is 18.3 Å². The maximum atomic E-state index is 6.12. The maximum Gasteiger partial charge on any atom is 0.126 e. The molecule has 0 radical (unpaired) electrons. The van der Waals surface area contributed by atoms with Gasteiger partial charge in [0, 0.05) is 12.2 Å². The van der Waals surface area contributed by atoms with Crippen LogP contribution in [0, 0.1) is 6.92 Å². The van der Waals surface area contributed by atoms with Crippen LogP contribution >= 0.6 is 11.6 Å². The summed E-state index contributed by atoms with van der Waals surface area (Å²) in [6.07, 6.45) is 2.76. The standard InChI is InChI=1S/C11H17ClN2/c1-4-10(12)9(3)14-11-7-8(2)5-6-13-11/h5-7,9-10H,4H2,1-3H3,(H,13,14). The highest BCUT2D eigenvalue weighted by molar-refractivity contribution is 6.21. The lowest BCUT2D eigenvalue weighted by atomic mass is 10.2. The number of pyridine rings is 1. The minimum absolute atomic E-state index is 0.150. The Hall–Kier alpha value is -0.760. The first-order valence-corrected chi connectivity index (χ1v) is 5.40. The number of nitrogens with one attached hydrogen (secondary N) is 1. The molecule has 3 heteroatoms. The quantitative estimate of drug-likeness (QED) is 0.776. The zero-order valence-electron chi connectivity index (χ0n) is 8.92. The first kappa shape index (κ1) is 11.3. The summed E-state index contributed by atoms with van der Waals surface area (Å²) in [7, 11) is 0. The molecular weight excluding hydrogens is 196 g/mol. The van der Waals surface area contributed by atoms with Gasteiger partial charge in [0.1, 0.15) is 5.82 Å². The molecule has 0 spiro atoms. The second-order valence-corrected chi connectivity index (χ2v) is 4.14. The number of anilines is 1. The van der Waals surface area contributed by atoms with Gasteiger partial charge in [-0.05, 0) is 38.0 Å². The highest BCUT2D eigenvalue weighted by atomic mass is 35.5. The van der Waals surface area contributed by atoms with Gasteiger partial charge in [-0.15, -0.1) is 11.6 Å². The summed E-state index contributed by atoms with van der Waals surface area (Å²) in [6, 6.07) is 4.25. The molecule has 1 aromatic heterocycles. The van der Waals surface area contributed by atoms with Gasteiger partial charge in [0.2, 0.25) is 0 Å². The van der Waals surface area contributed by atoms with Crippen molar-refractivity contribution in [3.8, 4) is 0 Å². The summed E-state index contributed by atoms with van der Waals surface area (Å²) < 4.78 is 0. The van der Waals surface area contributed by atoms with E-state index >= 15 is 0 Å². The molecule has 2 atom stereocenters. The van der Waals surface area contributed by atoms with Crippen molar-refractivity contribution in [1.29, 1.82) is 0 Å². The lowest BCUT2D eigenvalue weighted by molar-refractivity contribution is 0.697. The Balaban J connectivity index is 2.60. The van der Waals surface area contributed by atoms with E-state index in [-0.39, 0.29) is 11.4 Å². The molecule has 78 valence electrons. The van der Waals surface area contributed by atoms with Crippen LogP contribution in [0.5, 0.6) is 0 Å². The SMILES string of the molecule is CCC(Cl)C(C)Nc1cc(C)ccn1. The normalized spacial score (nSPS) is 14.9. The van der Waals surface area contributed by atoms with Crippen molar-refractivity contribution in [2.45, 2.75) is 38.6 Å². The van der Waals surface area contributed by atoms with Crippen molar-refractivity contribution in [2.75, 3.05) is 5.32 Å². The average molecular weight is 213 g/mol. The zero-order chi connectivity index (χ0) is 10.6. The topological polar surface area (TPSA) is 24.9 Å². The molecule has 0 saturated heterocycles. The zero-order valence-corrected chi connectivity index (χ0v) is 9.67. The molecule has 1 rings (SSSR count). The van der Waals surface area contributed by atoms with Crippen molar-refractivity contribution >= 4 is 17.4 Å². The van der Waals surface area contributed by atoms with Gasteiger partial charge in [-0.25, -0.2) is 4.98 Å². The monoisotopic (exact) mass is 212 g/mol. The summed E-state index contributed by atoms with van der Waals surface area (Å²) in [5.74, 6) is 0.900. The van der Waals surface area contributed by atoms with Crippen LogP contribution in [0.4, 0.5) is 5.82 Å². The van der Waals surface area contributed by atoms with Crippen LogP contribution in [0.3, 0.4) is 0 Å². The van der Waals surface area contributed by atoms with E-state index in [0.717, 1.165) is 12.2 Å². The van der Waals surface area contributed by atoms with Gasteiger partial charge in [-0.2, -0.15) is 0 Å². The molecule has 0 bridgehead atoms. The molecule has 0 amide bonds. The molecule has 0 aliphatic carbocycles. The summed E-state index contributed by atoms with van der Waals surface area (Å²) >= 11 is 6.12. The van der Waals surface area contributed by atoms with Gasteiger partial charge in [0.15, 0.2) is 0 Å². The van der Waals surface area contributed by atoms with E-state index < -0.39 is 0 Å². The van der Waals surface area contributed by atoms with E-state index in [9.17, 15) is 0 Å². The maximum absolute atomic E-state index is 6.12. The summed E-state index contributed by atoms with van der Waals surface area (Å²) in [5.41, 5.74) is 1.21. The number of aryl methyl sites for hydroxylation is 1. The second kappa shape index (κ2) is 5.20. The molecule has 0 aliphatic heterocycles. The fourth-order valence-corrected chi connectivity index (χ4v) is 1.36. The molecule has 14 heavy (non-hydrogen) atoms. The largest absolute Gasteiger partial charge is 0.366 e. The lowest BCUT2D eigenvalue weighted by Crippen LogP contribution is -2.26. The van der Waals surface area contributed by atoms with Gasteiger partial charge < -0.3 is 5.32 Å². The summed E-state index contributed by atoms with van der Waals surface area (Å²) in [4.78, 5) is 4.23. The Bertz CT molecular complexity index is 288. The number of hydrogen-bond acceptors (Lipinski definition) is 2. The van der Waals surface area contributed by atoms with Gasteiger partial charge >= 0.3 is 0 Å². The molecule has 1 N–H and O–H groups in total. The minimum atomic E-state index is 0.150. The molecule has 1 aromatic rings. The summed E-state index contributed by atoms with van der Waals surface area (Å²) in [6.45, 7) is 6.21. The van der Waals surface area contributed by atoms with Crippen molar-refractivity contribution in [3.05, 3.63) is 23.9 Å². The van der Waals surface area contributed by atoms with E-state index in [1.807, 2.05) is 12.1 Å². The highest BCUT2D eigenvalue weighted by Gasteiger charge is 2.11. The highest BCUT2D eigenvalue weighted by Crippen LogP contribution is 2.13. The number of aromatic nitrogens is 1. The third-order valence-electron chi connectivity index (χ3n) is 2.22. The first-order chi connectivity index (χ1) is 6.63. The molecule has 2 nitrogen and oxygen atoms in total. The third-order valence-corrected chi connectivity index (χ3v) is 2.91. The van der Waals surface area contributed by atoms with Gasteiger partial charge in [-0.3, -0.25) is 0 Å². The lowest BCUT2D eigenvalue weighted by Gasteiger charge is -2.18. The molecular formula is C11H17ClN2. The van der Waals surface area contributed by atoms with E-state index in [4.69, 9.17) is 11.6 Å². The number of halogens is 1. The van der Waals surface area contributed by atoms with Gasteiger partial charge in [0.25, 0.3) is 0 Å². The van der Waals surface area contributed by atoms with E-state index in [1.54, 1.807) is 6.20 Å². The predicted octanol–water partition coefficient (Wildman–Crippen LogP) is 3.21. The Morgan fingerprint density at radius 3 is 2.86 bits per heavy atom. The number of rotatable bonds is 4. The Morgan fingerprint density at radius 2 is 2.29 bits per heavy atom. The molecule has 1 heterocycles. The fraction of sp³-hybridized carbons (Fsp3) is 0.545. The van der Waals surface area contributed by atoms with Crippen molar-refractivity contribution in [2.24, 2.45) is 0 Å². The van der Waals surface area contributed by atoms with E-state index in [1.165, 1.54) is 5.56 Å². The van der Waals surface area contributed by atoms with Gasteiger partial charge in [-0.1, -0.05) is 6.92 Å². The van der Waals surface area contributed by atoms with Gasteiger partial charge in [0.05, 0.1) is 5.38 Å². The van der Waals surface area contributed by atoms with Crippen LogP contribution in [0.25, 0.3) is 0 Å². The average Bonchev–Trinajstić information content (AvgIpc) is 2.16. The van der Waals surface area contributed by atoms with Crippen LogP contribution in [-0.4, -0.2) is 16.4 Å². The summed E-state index contributed by atoms with van der Waals surface area (Å²) in [5, 5.41) is 3.44. The molecule has 0 aromatic carbocycles. The number of hydrogen-bond donors (Lipinski definition) is 1. The van der Waals surface area contributed by atoms with Crippen LogP contribution in [0.2, 0.25) is 0 Å².